The smallest absolute Gasteiger partial charge is 0.227 e. The number of rotatable bonds is 3. The third-order valence-electron chi connectivity index (χ3n) is 3.62. The lowest BCUT2D eigenvalue weighted by molar-refractivity contribution is 0.108. The van der Waals surface area contributed by atoms with Gasteiger partial charge in [0.2, 0.25) is 11.0 Å². The largest absolute Gasteiger partial charge is 0.436 e. The minimum Gasteiger partial charge on any atom is -0.436 e. The lowest BCUT2D eigenvalue weighted by atomic mass is 10.1. The average Bonchev–Trinajstić information content (AvgIpc) is 3.07. The van der Waals surface area contributed by atoms with Crippen LogP contribution in [0.15, 0.2) is 88.2 Å². The minimum atomic E-state index is 0.0188. The van der Waals surface area contributed by atoms with Gasteiger partial charge in [0.25, 0.3) is 0 Å². The number of hydrogen-bond donors (Lipinski definition) is 0. The minimum absolute atomic E-state index is 0.0188. The van der Waals surface area contributed by atoms with E-state index in [-0.39, 0.29) is 5.12 Å². The molecule has 3 nitrogen and oxygen atoms in total. The lowest BCUT2D eigenvalue weighted by Crippen LogP contribution is -1.92. The van der Waals surface area contributed by atoms with Crippen LogP contribution in [0.4, 0.5) is 0 Å². The zero-order valence-corrected chi connectivity index (χ0v) is 13.5. The molecule has 0 aliphatic rings. The number of para-hydroxylation sites is 2. The standard InChI is InChI=1S/C20H13NO2S/c22-20(24-16-6-2-1-3-7-16)15-12-10-14(11-13-15)19-21-17-8-4-5-9-18(17)23-19/h1-13H. The first-order chi connectivity index (χ1) is 11.8. The molecule has 0 fully saturated rings. The molecule has 0 radical (unpaired) electrons. The van der Waals surface area contributed by atoms with Crippen molar-refractivity contribution >= 4 is 28.0 Å². The molecule has 0 unspecified atom stereocenters. The summed E-state index contributed by atoms with van der Waals surface area (Å²) < 4.78 is 5.75. The topological polar surface area (TPSA) is 43.1 Å². The predicted molar refractivity (Wildman–Crippen MR) is 96.1 cm³/mol. The number of hydrogen-bond acceptors (Lipinski definition) is 4. The van der Waals surface area contributed by atoms with Crippen molar-refractivity contribution in [2.75, 3.05) is 0 Å². The number of oxazole rings is 1. The van der Waals surface area contributed by atoms with Crippen LogP contribution in [-0.2, 0) is 0 Å². The Morgan fingerprint density at radius 2 is 1.54 bits per heavy atom. The molecule has 116 valence electrons. The molecule has 24 heavy (non-hydrogen) atoms. The van der Waals surface area contributed by atoms with E-state index in [0.717, 1.165) is 21.6 Å². The van der Waals surface area contributed by atoms with Crippen LogP contribution in [0.5, 0.6) is 0 Å². The Bertz CT molecular complexity index is 958. The number of carbonyl (C=O) groups excluding carboxylic acids is 1. The van der Waals surface area contributed by atoms with Gasteiger partial charge in [-0.05, 0) is 60.3 Å². The highest BCUT2D eigenvalue weighted by atomic mass is 32.2. The van der Waals surface area contributed by atoms with Gasteiger partial charge >= 0.3 is 0 Å². The summed E-state index contributed by atoms with van der Waals surface area (Å²) in [5.74, 6) is 0.561. The number of aromatic nitrogens is 1. The molecule has 4 rings (SSSR count). The number of nitrogens with zero attached hydrogens (tertiary/aromatic N) is 1. The van der Waals surface area contributed by atoms with E-state index in [2.05, 4.69) is 4.98 Å². The monoisotopic (exact) mass is 331 g/mol. The van der Waals surface area contributed by atoms with E-state index in [0.29, 0.717) is 11.5 Å². The van der Waals surface area contributed by atoms with Crippen molar-refractivity contribution in [1.29, 1.82) is 0 Å². The highest BCUT2D eigenvalue weighted by Gasteiger charge is 2.11. The van der Waals surface area contributed by atoms with Crippen LogP contribution < -0.4 is 0 Å². The van der Waals surface area contributed by atoms with Crippen LogP contribution in [0.1, 0.15) is 10.4 Å². The quantitative estimate of drug-likeness (QED) is 0.470. The predicted octanol–water partition coefficient (Wildman–Crippen LogP) is 5.43. The van der Waals surface area contributed by atoms with Gasteiger partial charge in [-0.15, -0.1) is 0 Å². The molecule has 0 saturated heterocycles. The van der Waals surface area contributed by atoms with Crippen molar-refractivity contribution in [2.24, 2.45) is 0 Å². The van der Waals surface area contributed by atoms with Gasteiger partial charge in [-0.3, -0.25) is 4.79 Å². The Labute approximate surface area is 143 Å². The van der Waals surface area contributed by atoms with Crippen molar-refractivity contribution < 1.29 is 9.21 Å². The molecule has 1 aromatic heterocycles. The zero-order chi connectivity index (χ0) is 16.4. The Morgan fingerprint density at radius 1 is 0.833 bits per heavy atom. The third-order valence-corrected chi connectivity index (χ3v) is 4.54. The van der Waals surface area contributed by atoms with Crippen LogP contribution in [-0.4, -0.2) is 10.1 Å². The SMILES string of the molecule is O=C(Sc1ccccc1)c1ccc(-c2nc3ccccc3o2)cc1. The van der Waals surface area contributed by atoms with E-state index in [1.165, 1.54) is 11.8 Å². The maximum atomic E-state index is 12.3. The molecule has 0 spiro atoms. The molecule has 4 aromatic rings. The van der Waals surface area contributed by atoms with E-state index < -0.39 is 0 Å². The number of carbonyl (C=O) groups is 1. The van der Waals surface area contributed by atoms with Crippen molar-refractivity contribution in [2.45, 2.75) is 4.90 Å². The Balaban J connectivity index is 1.57. The van der Waals surface area contributed by atoms with Gasteiger partial charge < -0.3 is 4.42 Å². The summed E-state index contributed by atoms with van der Waals surface area (Å²) in [7, 11) is 0. The van der Waals surface area contributed by atoms with Crippen molar-refractivity contribution in [3.05, 3.63) is 84.4 Å². The van der Waals surface area contributed by atoms with Gasteiger partial charge in [-0.2, -0.15) is 0 Å². The summed E-state index contributed by atoms with van der Waals surface area (Å²) in [4.78, 5) is 17.7. The fourth-order valence-corrected chi connectivity index (χ4v) is 3.16. The molecule has 4 heteroatoms. The molecule has 0 bridgehead atoms. The summed E-state index contributed by atoms with van der Waals surface area (Å²) in [6, 6.07) is 24.6. The second kappa shape index (κ2) is 6.34. The fraction of sp³-hybridized carbons (Fsp3) is 0. The van der Waals surface area contributed by atoms with Gasteiger partial charge in [0.1, 0.15) is 5.52 Å². The Hall–Kier alpha value is -2.85. The van der Waals surface area contributed by atoms with Crippen LogP contribution >= 0.6 is 11.8 Å². The summed E-state index contributed by atoms with van der Waals surface area (Å²) in [5, 5.41) is 0.0188. The normalized spacial score (nSPS) is 10.8. The molecule has 0 N–H and O–H groups in total. The first-order valence-electron chi connectivity index (χ1n) is 7.53. The maximum absolute atomic E-state index is 12.3. The van der Waals surface area contributed by atoms with Gasteiger partial charge in [0, 0.05) is 16.0 Å². The number of benzene rings is 3. The van der Waals surface area contributed by atoms with Gasteiger partial charge in [0.05, 0.1) is 0 Å². The average molecular weight is 331 g/mol. The molecule has 0 aliphatic heterocycles. The van der Waals surface area contributed by atoms with Crippen LogP contribution in [0.3, 0.4) is 0 Å². The fourth-order valence-electron chi connectivity index (χ4n) is 2.40. The first kappa shape index (κ1) is 14.7. The molecule has 0 aliphatic carbocycles. The van der Waals surface area contributed by atoms with E-state index in [1.54, 1.807) is 0 Å². The van der Waals surface area contributed by atoms with Gasteiger partial charge in [0.15, 0.2) is 5.58 Å². The highest BCUT2D eigenvalue weighted by molar-refractivity contribution is 8.14. The molecule has 3 aromatic carbocycles. The second-order valence-electron chi connectivity index (χ2n) is 5.27. The summed E-state index contributed by atoms with van der Waals surface area (Å²) in [5.41, 5.74) is 3.09. The van der Waals surface area contributed by atoms with E-state index in [9.17, 15) is 4.79 Å². The van der Waals surface area contributed by atoms with Gasteiger partial charge in [-0.25, -0.2) is 4.98 Å². The zero-order valence-electron chi connectivity index (χ0n) is 12.7. The summed E-state index contributed by atoms with van der Waals surface area (Å²) in [6.45, 7) is 0. The second-order valence-corrected chi connectivity index (χ2v) is 6.31. The lowest BCUT2D eigenvalue weighted by Gasteiger charge is -2.02. The van der Waals surface area contributed by atoms with Crippen LogP contribution in [0.25, 0.3) is 22.6 Å². The molecular weight excluding hydrogens is 318 g/mol. The molecule has 1 heterocycles. The van der Waals surface area contributed by atoms with Crippen LogP contribution in [0.2, 0.25) is 0 Å². The first-order valence-corrected chi connectivity index (χ1v) is 8.34. The number of fused-ring (bicyclic) bond motifs is 1. The molecular formula is C20H13NO2S. The van der Waals surface area contributed by atoms with E-state index in [4.69, 9.17) is 4.42 Å². The van der Waals surface area contributed by atoms with E-state index >= 15 is 0 Å². The third kappa shape index (κ3) is 2.96. The molecule has 0 atom stereocenters. The number of thioether (sulfide) groups is 1. The van der Waals surface area contributed by atoms with Crippen LogP contribution in [0, 0.1) is 0 Å². The highest BCUT2D eigenvalue weighted by Crippen LogP contribution is 2.26. The van der Waals surface area contributed by atoms with Gasteiger partial charge in [-0.1, -0.05) is 30.3 Å². The van der Waals surface area contributed by atoms with E-state index in [1.807, 2.05) is 78.9 Å². The Morgan fingerprint density at radius 3 is 2.29 bits per heavy atom. The maximum Gasteiger partial charge on any atom is 0.227 e. The summed E-state index contributed by atoms with van der Waals surface area (Å²) in [6.07, 6.45) is 0. The van der Waals surface area contributed by atoms with Crippen molar-refractivity contribution in [3.8, 4) is 11.5 Å². The Kier molecular flexibility index (Phi) is 3.89. The van der Waals surface area contributed by atoms with Crippen molar-refractivity contribution in [3.63, 3.8) is 0 Å². The summed E-state index contributed by atoms with van der Waals surface area (Å²) >= 11 is 1.22. The molecule has 0 saturated carbocycles. The molecule has 0 amide bonds. The van der Waals surface area contributed by atoms with Crippen molar-refractivity contribution in [1.82, 2.24) is 4.98 Å².